The zero-order valence-corrected chi connectivity index (χ0v) is 12.6. The highest BCUT2D eigenvalue weighted by molar-refractivity contribution is 5.77. The van der Waals surface area contributed by atoms with Gasteiger partial charge in [0.15, 0.2) is 0 Å². The fourth-order valence-corrected chi connectivity index (χ4v) is 2.62. The summed E-state index contributed by atoms with van der Waals surface area (Å²) in [5.41, 5.74) is -0.514. The van der Waals surface area contributed by atoms with E-state index in [0.29, 0.717) is 19.3 Å². The Bertz CT molecular complexity index is 322. The van der Waals surface area contributed by atoms with Crippen molar-refractivity contribution in [2.75, 3.05) is 13.2 Å². The van der Waals surface area contributed by atoms with E-state index in [1.54, 1.807) is 13.8 Å². The summed E-state index contributed by atoms with van der Waals surface area (Å²) in [6.07, 6.45) is 6.60. The molecule has 0 radical (unpaired) electrons. The lowest BCUT2D eigenvalue weighted by Crippen LogP contribution is -2.33. The van der Waals surface area contributed by atoms with Crippen molar-refractivity contribution < 1.29 is 19.4 Å². The van der Waals surface area contributed by atoms with Gasteiger partial charge in [0.1, 0.15) is 0 Å². The van der Waals surface area contributed by atoms with Gasteiger partial charge in [-0.3, -0.25) is 9.59 Å². The molecule has 0 aromatic rings. The third-order valence-electron chi connectivity index (χ3n) is 3.60. The van der Waals surface area contributed by atoms with Crippen molar-refractivity contribution in [1.82, 2.24) is 5.32 Å². The van der Waals surface area contributed by atoms with Crippen molar-refractivity contribution in [2.24, 2.45) is 5.41 Å². The second-order valence-corrected chi connectivity index (χ2v) is 6.39. The van der Waals surface area contributed by atoms with Crippen LogP contribution in [0, 0.1) is 5.41 Å². The molecule has 0 aromatic carbocycles. The van der Waals surface area contributed by atoms with Crippen LogP contribution in [0.25, 0.3) is 0 Å². The first-order chi connectivity index (χ1) is 9.39. The van der Waals surface area contributed by atoms with Gasteiger partial charge in [0.05, 0.1) is 19.1 Å². The Morgan fingerprint density at radius 1 is 1.20 bits per heavy atom. The Hall–Kier alpha value is -1.10. The minimum Gasteiger partial charge on any atom is -0.481 e. The van der Waals surface area contributed by atoms with E-state index in [2.05, 4.69) is 5.32 Å². The van der Waals surface area contributed by atoms with Gasteiger partial charge in [-0.15, -0.1) is 0 Å². The van der Waals surface area contributed by atoms with Gasteiger partial charge in [0, 0.05) is 13.0 Å². The van der Waals surface area contributed by atoms with Crippen molar-refractivity contribution in [2.45, 2.75) is 64.9 Å². The Morgan fingerprint density at radius 2 is 1.85 bits per heavy atom. The molecule has 1 amide bonds. The number of hydrogen-bond donors (Lipinski definition) is 2. The second-order valence-electron chi connectivity index (χ2n) is 6.39. The smallest absolute Gasteiger partial charge is 0.303 e. The zero-order chi connectivity index (χ0) is 15.0. The van der Waals surface area contributed by atoms with Crippen LogP contribution in [-0.2, 0) is 14.3 Å². The lowest BCUT2D eigenvalue weighted by molar-refractivity contribution is -0.139. The van der Waals surface area contributed by atoms with E-state index in [4.69, 9.17) is 9.84 Å². The predicted molar refractivity (Wildman–Crippen MR) is 76.5 cm³/mol. The van der Waals surface area contributed by atoms with Crippen molar-refractivity contribution in [3.8, 4) is 0 Å². The van der Waals surface area contributed by atoms with Crippen LogP contribution in [0.15, 0.2) is 0 Å². The molecule has 116 valence electrons. The SMILES string of the molecule is CC(C)(CC(=O)O)CC(=O)NCCOC1CCCCC1. The molecule has 0 atom stereocenters. The summed E-state index contributed by atoms with van der Waals surface area (Å²) in [4.78, 5) is 22.4. The van der Waals surface area contributed by atoms with Crippen molar-refractivity contribution in [1.29, 1.82) is 0 Å². The number of ether oxygens (including phenoxy) is 1. The topological polar surface area (TPSA) is 75.6 Å². The molecule has 1 fully saturated rings. The van der Waals surface area contributed by atoms with E-state index in [9.17, 15) is 9.59 Å². The summed E-state index contributed by atoms with van der Waals surface area (Å²) in [7, 11) is 0. The van der Waals surface area contributed by atoms with Crippen LogP contribution >= 0.6 is 0 Å². The molecule has 1 saturated carbocycles. The van der Waals surface area contributed by atoms with Crippen molar-refractivity contribution in [3.05, 3.63) is 0 Å². The first-order valence-electron chi connectivity index (χ1n) is 7.49. The number of hydrogen-bond acceptors (Lipinski definition) is 3. The molecule has 20 heavy (non-hydrogen) atoms. The van der Waals surface area contributed by atoms with Gasteiger partial charge >= 0.3 is 5.97 Å². The van der Waals surface area contributed by atoms with E-state index in [0.717, 1.165) is 12.8 Å². The largest absolute Gasteiger partial charge is 0.481 e. The first kappa shape index (κ1) is 17.0. The molecule has 1 aliphatic carbocycles. The minimum absolute atomic E-state index is 0.000998. The van der Waals surface area contributed by atoms with Crippen LogP contribution in [0.5, 0.6) is 0 Å². The number of nitrogens with one attached hydrogen (secondary N) is 1. The summed E-state index contributed by atoms with van der Waals surface area (Å²) in [6.45, 7) is 4.62. The standard InChI is InChI=1S/C15H27NO4/c1-15(2,11-14(18)19)10-13(17)16-8-9-20-12-6-4-3-5-7-12/h12H,3-11H2,1-2H3,(H,16,17)(H,18,19). The Morgan fingerprint density at radius 3 is 2.45 bits per heavy atom. The number of carbonyl (C=O) groups excluding carboxylic acids is 1. The molecule has 0 spiro atoms. The van der Waals surface area contributed by atoms with E-state index < -0.39 is 11.4 Å². The second kappa shape index (κ2) is 8.25. The van der Waals surface area contributed by atoms with E-state index in [-0.39, 0.29) is 18.7 Å². The Labute approximate surface area is 121 Å². The maximum absolute atomic E-state index is 11.7. The number of carboxylic acid groups (broad SMARTS) is 1. The lowest BCUT2D eigenvalue weighted by atomic mass is 9.85. The average molecular weight is 285 g/mol. The molecule has 0 saturated heterocycles. The maximum Gasteiger partial charge on any atom is 0.303 e. The summed E-state index contributed by atoms with van der Waals surface area (Å²) in [6, 6.07) is 0. The number of carboxylic acids is 1. The van der Waals surface area contributed by atoms with Crippen molar-refractivity contribution >= 4 is 11.9 Å². The van der Waals surface area contributed by atoms with E-state index >= 15 is 0 Å². The van der Waals surface area contributed by atoms with Crippen LogP contribution in [0.2, 0.25) is 0 Å². The number of aliphatic carboxylic acids is 1. The van der Waals surface area contributed by atoms with Gasteiger partial charge < -0.3 is 15.2 Å². The number of rotatable bonds is 8. The summed E-state index contributed by atoms with van der Waals surface area (Å²) in [5, 5.41) is 11.6. The third kappa shape index (κ3) is 7.48. The van der Waals surface area contributed by atoms with E-state index in [1.807, 2.05) is 0 Å². The third-order valence-corrected chi connectivity index (χ3v) is 3.60. The summed E-state index contributed by atoms with van der Waals surface area (Å²) in [5.74, 6) is -0.980. The molecule has 0 aromatic heterocycles. The quantitative estimate of drug-likeness (QED) is 0.671. The van der Waals surface area contributed by atoms with Crippen LogP contribution in [0.3, 0.4) is 0 Å². The summed E-state index contributed by atoms with van der Waals surface area (Å²) < 4.78 is 5.72. The molecular weight excluding hydrogens is 258 g/mol. The van der Waals surface area contributed by atoms with Gasteiger partial charge in [-0.05, 0) is 18.3 Å². The number of carbonyl (C=O) groups is 2. The van der Waals surface area contributed by atoms with Gasteiger partial charge in [0.25, 0.3) is 0 Å². The molecule has 1 aliphatic rings. The minimum atomic E-state index is -0.872. The maximum atomic E-state index is 11.7. The highest BCUT2D eigenvalue weighted by atomic mass is 16.5. The van der Waals surface area contributed by atoms with Gasteiger partial charge in [-0.2, -0.15) is 0 Å². The van der Waals surface area contributed by atoms with Crippen molar-refractivity contribution in [3.63, 3.8) is 0 Å². The molecule has 0 bridgehead atoms. The Balaban J connectivity index is 2.11. The van der Waals surface area contributed by atoms with Crippen LogP contribution < -0.4 is 5.32 Å². The van der Waals surface area contributed by atoms with Crippen LogP contribution in [-0.4, -0.2) is 36.2 Å². The van der Waals surface area contributed by atoms with Gasteiger partial charge in [-0.25, -0.2) is 0 Å². The van der Waals surface area contributed by atoms with Gasteiger partial charge in [-0.1, -0.05) is 33.1 Å². The fraction of sp³-hybridized carbons (Fsp3) is 0.867. The van der Waals surface area contributed by atoms with Crippen LogP contribution in [0.1, 0.15) is 58.8 Å². The predicted octanol–water partition coefficient (Wildman–Crippen LogP) is 2.34. The highest BCUT2D eigenvalue weighted by Gasteiger charge is 2.25. The van der Waals surface area contributed by atoms with E-state index in [1.165, 1.54) is 19.3 Å². The molecule has 5 heteroatoms. The summed E-state index contributed by atoms with van der Waals surface area (Å²) >= 11 is 0. The zero-order valence-electron chi connectivity index (χ0n) is 12.6. The fourth-order valence-electron chi connectivity index (χ4n) is 2.62. The average Bonchev–Trinajstić information content (AvgIpc) is 2.33. The molecule has 5 nitrogen and oxygen atoms in total. The molecule has 0 heterocycles. The molecule has 0 aliphatic heterocycles. The normalized spacial score (nSPS) is 16.9. The first-order valence-corrected chi connectivity index (χ1v) is 7.49. The molecular formula is C15H27NO4. The molecule has 2 N–H and O–H groups in total. The number of amides is 1. The molecule has 0 unspecified atom stereocenters. The van der Waals surface area contributed by atoms with Gasteiger partial charge in [0.2, 0.25) is 5.91 Å². The Kier molecular flexibility index (Phi) is 6.99. The highest BCUT2D eigenvalue weighted by Crippen LogP contribution is 2.24. The molecule has 1 rings (SSSR count). The lowest BCUT2D eigenvalue weighted by Gasteiger charge is -2.23. The monoisotopic (exact) mass is 285 g/mol. The van der Waals surface area contributed by atoms with Crippen LogP contribution in [0.4, 0.5) is 0 Å².